The smallest absolute Gasteiger partial charge is 0.248 e. The van der Waals surface area contributed by atoms with Crippen molar-refractivity contribution in [3.63, 3.8) is 0 Å². The second-order valence-corrected chi connectivity index (χ2v) is 4.27. The summed E-state index contributed by atoms with van der Waals surface area (Å²) in [5.41, 5.74) is 7.25. The molecule has 0 aliphatic carbocycles. The van der Waals surface area contributed by atoms with Crippen molar-refractivity contribution in [3.05, 3.63) is 66.0 Å². The molecule has 20 heavy (non-hydrogen) atoms. The molecule has 1 radical (unpaired) electrons. The number of hydrogen-bond donors (Lipinski definition) is 2. The molecular formula is C15H15N2O3. The summed E-state index contributed by atoms with van der Waals surface area (Å²) < 4.78 is 4.91. The van der Waals surface area contributed by atoms with Crippen LogP contribution in [0.5, 0.6) is 0 Å². The largest absolute Gasteiger partial charge is 0.472 e. The van der Waals surface area contributed by atoms with Crippen LogP contribution < -0.4 is 11.1 Å². The first kappa shape index (κ1) is 13.9. The predicted octanol–water partition coefficient (Wildman–Crippen LogP) is 1.64. The van der Waals surface area contributed by atoms with Gasteiger partial charge < -0.3 is 15.5 Å². The zero-order chi connectivity index (χ0) is 14.4. The van der Waals surface area contributed by atoms with Gasteiger partial charge in [0, 0.05) is 30.5 Å². The lowest BCUT2D eigenvalue weighted by Gasteiger charge is -2.06. The van der Waals surface area contributed by atoms with Crippen molar-refractivity contribution in [3.8, 4) is 0 Å². The maximum absolute atomic E-state index is 11.7. The predicted molar refractivity (Wildman–Crippen MR) is 73.5 cm³/mol. The number of primary amides is 1. The number of nitrogens with two attached hydrogens (primary N) is 1. The minimum Gasteiger partial charge on any atom is -0.472 e. The Morgan fingerprint density at radius 1 is 1.25 bits per heavy atom. The Morgan fingerprint density at radius 2 is 2.05 bits per heavy atom. The molecule has 0 saturated carbocycles. The molecule has 2 amide bonds. The van der Waals surface area contributed by atoms with Gasteiger partial charge in [-0.2, -0.15) is 0 Å². The number of carbonyl (C=O) groups excluding carboxylic acids is 2. The fraction of sp³-hybridized carbons (Fsp3) is 0.133. The molecule has 0 aliphatic rings. The van der Waals surface area contributed by atoms with E-state index in [4.69, 9.17) is 10.2 Å². The lowest BCUT2D eigenvalue weighted by Crippen LogP contribution is -2.22. The Morgan fingerprint density at radius 3 is 2.75 bits per heavy atom. The maximum atomic E-state index is 11.7. The van der Waals surface area contributed by atoms with Gasteiger partial charge in [0.25, 0.3) is 0 Å². The minimum absolute atomic E-state index is 0.134. The molecule has 5 nitrogen and oxygen atoms in total. The van der Waals surface area contributed by atoms with E-state index < -0.39 is 5.91 Å². The third-order valence-electron chi connectivity index (χ3n) is 2.80. The highest BCUT2D eigenvalue weighted by molar-refractivity contribution is 5.95. The molecule has 1 heterocycles. The van der Waals surface area contributed by atoms with Gasteiger partial charge in [0.1, 0.15) is 0 Å². The fourth-order valence-electron chi connectivity index (χ4n) is 1.77. The maximum Gasteiger partial charge on any atom is 0.248 e. The number of carbonyl (C=O) groups is 2. The molecule has 2 rings (SSSR count). The first-order valence-electron chi connectivity index (χ1n) is 6.16. The monoisotopic (exact) mass is 271 g/mol. The van der Waals surface area contributed by atoms with E-state index in [-0.39, 0.29) is 12.3 Å². The normalized spacial score (nSPS) is 10.2. The molecule has 2 aromatic rings. The lowest BCUT2D eigenvalue weighted by atomic mass is 10.0. The summed E-state index contributed by atoms with van der Waals surface area (Å²) in [6.45, 7) is 0.417. The molecule has 1 aromatic carbocycles. The standard InChI is InChI=1S/C15H15N2O3/c16-15(19)13-4-2-1-3-12(13)5-6-14(18)17-9-11-7-8-20-10-11/h1-5,7-8,10H,6,9H2,(H2,16,19)(H,17,18). The average molecular weight is 271 g/mol. The van der Waals surface area contributed by atoms with Crippen LogP contribution in [0.1, 0.15) is 27.9 Å². The molecule has 0 spiro atoms. The van der Waals surface area contributed by atoms with E-state index in [0.717, 1.165) is 5.56 Å². The molecule has 1 aromatic heterocycles. The van der Waals surface area contributed by atoms with Crippen LogP contribution in [0.4, 0.5) is 0 Å². The summed E-state index contributed by atoms with van der Waals surface area (Å²) in [5.74, 6) is -0.638. The lowest BCUT2D eigenvalue weighted by molar-refractivity contribution is -0.120. The molecule has 0 bridgehead atoms. The van der Waals surface area contributed by atoms with E-state index in [2.05, 4.69) is 5.32 Å². The van der Waals surface area contributed by atoms with E-state index in [9.17, 15) is 9.59 Å². The Kier molecular flexibility index (Phi) is 4.55. The molecule has 103 valence electrons. The van der Waals surface area contributed by atoms with E-state index in [1.165, 1.54) is 0 Å². The van der Waals surface area contributed by atoms with Gasteiger partial charge in [-0.05, 0) is 17.7 Å². The molecular weight excluding hydrogens is 256 g/mol. The average Bonchev–Trinajstić information content (AvgIpc) is 2.96. The Hall–Kier alpha value is -2.56. The Labute approximate surface area is 116 Å². The molecule has 0 atom stereocenters. The summed E-state index contributed by atoms with van der Waals surface area (Å²) in [5, 5.41) is 2.76. The van der Waals surface area contributed by atoms with Crippen LogP contribution in [0.15, 0.2) is 47.3 Å². The van der Waals surface area contributed by atoms with Crippen molar-refractivity contribution in [1.82, 2.24) is 5.32 Å². The van der Waals surface area contributed by atoms with E-state index in [1.54, 1.807) is 49.3 Å². The number of rotatable bonds is 6. The van der Waals surface area contributed by atoms with Crippen molar-refractivity contribution < 1.29 is 14.0 Å². The third kappa shape index (κ3) is 3.71. The highest BCUT2D eigenvalue weighted by Gasteiger charge is 2.09. The van der Waals surface area contributed by atoms with E-state index in [0.29, 0.717) is 17.7 Å². The van der Waals surface area contributed by atoms with Crippen molar-refractivity contribution in [2.45, 2.75) is 13.0 Å². The number of hydrogen-bond acceptors (Lipinski definition) is 3. The zero-order valence-electron chi connectivity index (χ0n) is 10.8. The molecule has 0 unspecified atom stereocenters. The molecule has 0 fully saturated rings. The fourth-order valence-corrected chi connectivity index (χ4v) is 1.77. The summed E-state index contributed by atoms with van der Waals surface area (Å²) in [6.07, 6.45) is 5.00. The van der Waals surface area contributed by atoms with E-state index in [1.807, 2.05) is 0 Å². The summed E-state index contributed by atoms with van der Waals surface area (Å²) in [4.78, 5) is 22.9. The molecule has 0 aliphatic heterocycles. The van der Waals surface area contributed by atoms with Crippen molar-refractivity contribution in [1.29, 1.82) is 0 Å². The molecule has 5 heteroatoms. The number of furan rings is 1. The summed E-state index contributed by atoms with van der Waals surface area (Å²) >= 11 is 0. The zero-order valence-corrected chi connectivity index (χ0v) is 10.8. The first-order valence-corrected chi connectivity index (χ1v) is 6.16. The quantitative estimate of drug-likeness (QED) is 0.837. The Balaban J connectivity index is 1.85. The first-order chi connectivity index (χ1) is 9.66. The van der Waals surface area contributed by atoms with Gasteiger partial charge in [-0.3, -0.25) is 9.59 Å². The number of nitrogens with one attached hydrogen (secondary N) is 1. The van der Waals surface area contributed by atoms with Gasteiger partial charge in [0.15, 0.2) is 0 Å². The Bertz CT molecular complexity index is 591. The van der Waals surface area contributed by atoms with Gasteiger partial charge in [-0.1, -0.05) is 18.2 Å². The van der Waals surface area contributed by atoms with Gasteiger partial charge >= 0.3 is 0 Å². The van der Waals surface area contributed by atoms with Gasteiger partial charge in [-0.15, -0.1) is 0 Å². The van der Waals surface area contributed by atoms with Gasteiger partial charge in [0.2, 0.25) is 11.8 Å². The van der Waals surface area contributed by atoms with Crippen molar-refractivity contribution in [2.24, 2.45) is 5.73 Å². The van der Waals surface area contributed by atoms with Crippen molar-refractivity contribution >= 4 is 11.8 Å². The van der Waals surface area contributed by atoms with Gasteiger partial charge in [-0.25, -0.2) is 0 Å². The highest BCUT2D eigenvalue weighted by Crippen LogP contribution is 2.12. The van der Waals surface area contributed by atoms with Gasteiger partial charge in [0.05, 0.1) is 12.5 Å². The van der Waals surface area contributed by atoms with Crippen LogP contribution in [0.2, 0.25) is 0 Å². The summed E-state index contributed by atoms with van der Waals surface area (Å²) in [7, 11) is 0. The topological polar surface area (TPSA) is 85.3 Å². The van der Waals surface area contributed by atoms with E-state index >= 15 is 0 Å². The van der Waals surface area contributed by atoms with Crippen LogP contribution in [0.25, 0.3) is 0 Å². The SMILES string of the molecule is NC(=O)c1ccccc1[CH]CC(=O)NCc1ccoc1. The minimum atomic E-state index is -0.504. The molecule has 3 N–H and O–H groups in total. The van der Waals surface area contributed by atoms with Crippen LogP contribution in [-0.4, -0.2) is 11.8 Å². The van der Waals surface area contributed by atoms with Crippen LogP contribution in [0, 0.1) is 6.42 Å². The second-order valence-electron chi connectivity index (χ2n) is 4.27. The second kappa shape index (κ2) is 6.56. The van der Waals surface area contributed by atoms with Crippen LogP contribution in [-0.2, 0) is 11.3 Å². The van der Waals surface area contributed by atoms with Crippen LogP contribution in [0.3, 0.4) is 0 Å². The molecule has 0 saturated heterocycles. The van der Waals surface area contributed by atoms with Crippen molar-refractivity contribution in [2.75, 3.05) is 0 Å². The number of benzene rings is 1. The van der Waals surface area contributed by atoms with Crippen LogP contribution >= 0.6 is 0 Å². The summed E-state index contributed by atoms with van der Waals surface area (Å²) in [6, 6.07) is 8.70. The third-order valence-corrected chi connectivity index (χ3v) is 2.80. The number of amides is 2. The highest BCUT2D eigenvalue weighted by atomic mass is 16.3.